The Kier molecular flexibility index (Phi) is 145. The van der Waals surface area contributed by atoms with E-state index in [0.717, 1.165) is 25.7 Å². The van der Waals surface area contributed by atoms with Gasteiger partial charge in [0.05, 0.1) is 26.4 Å². The van der Waals surface area contributed by atoms with Gasteiger partial charge in [0.15, 0.2) is 0 Å². The van der Waals surface area contributed by atoms with Crippen molar-refractivity contribution in [1.29, 1.82) is 0 Å². The maximum Gasteiger partial charge on any atom is 2.00 e. The third kappa shape index (κ3) is 132. The Hall–Kier alpha value is 0.187. The fourth-order valence-corrected chi connectivity index (χ4v) is 13.1. The van der Waals surface area contributed by atoms with Crippen LogP contribution in [-0.2, 0) is 88.6 Å². The molecule has 0 aliphatic heterocycles. The van der Waals surface area contributed by atoms with Crippen LogP contribution in [0.3, 0.4) is 0 Å². The second-order valence-corrected chi connectivity index (χ2v) is 31.1. The van der Waals surface area contributed by atoms with Gasteiger partial charge < -0.3 is 69.5 Å². The molecule has 15 heteroatoms. The van der Waals surface area contributed by atoms with Gasteiger partial charge in [-0.2, -0.15) is 13.5 Å². The van der Waals surface area contributed by atoms with Crippen LogP contribution < -0.4 is 0 Å². The van der Waals surface area contributed by atoms with Crippen LogP contribution in [0.15, 0.2) is 48.6 Å². The number of carbonyl (C=O) groups is 4. The van der Waals surface area contributed by atoms with Crippen molar-refractivity contribution >= 4 is 136 Å². The van der Waals surface area contributed by atoms with Crippen LogP contribution in [0.25, 0.3) is 0 Å². The van der Waals surface area contributed by atoms with E-state index in [1.54, 1.807) is 0 Å². The number of hydrogen-bond acceptors (Lipinski definition) is 12. The quantitative estimate of drug-likeness (QED) is 0.0145. The Balaban J connectivity index is -0.000000172. The van der Waals surface area contributed by atoms with E-state index in [-0.39, 0.29) is 100 Å². The van der Waals surface area contributed by atoms with Gasteiger partial charge in [0.25, 0.3) is 0 Å². The standard InChI is InChI=1S/4C23H44O2S.2CH4.H2S.2Sn/c4*1-2-3-4-5-6-7-8-9-10-11-12-13-14-15-16-17-18-19-20-23(24)25-21-22-26;;;;;/h4*19-20,26H,2-18,21-22H2,1H3;2*1H4;1H2;;/q;;;;;;;2*+2/p-4/b4*20-19+;;;;;. The minimum atomic E-state index is -0.258. The van der Waals surface area contributed by atoms with Crippen LogP contribution in [0.4, 0.5) is 0 Å². The van der Waals surface area contributed by atoms with E-state index in [9.17, 15) is 19.2 Å². The molecule has 0 saturated heterocycles. The second-order valence-electron chi connectivity index (χ2n) is 29.5. The first-order valence-electron chi connectivity index (χ1n) is 44.9. The van der Waals surface area contributed by atoms with Crippen LogP contribution in [-0.4, -0.2) is 121 Å². The first kappa shape index (κ1) is 127. The molecule has 109 heavy (non-hydrogen) atoms. The van der Waals surface area contributed by atoms with E-state index in [0.29, 0.717) is 49.4 Å². The summed E-state index contributed by atoms with van der Waals surface area (Å²) in [7, 11) is 0. The minimum Gasteiger partial charge on any atom is -0.789 e. The Bertz CT molecular complexity index is 1530. The Morgan fingerprint density at radius 1 is 0.202 bits per heavy atom. The van der Waals surface area contributed by atoms with Gasteiger partial charge in [-0.1, -0.05) is 452 Å². The van der Waals surface area contributed by atoms with Gasteiger partial charge in [-0.05, 0) is 51.4 Å². The van der Waals surface area contributed by atoms with Crippen LogP contribution in [0.1, 0.15) is 479 Å². The van der Waals surface area contributed by atoms with Gasteiger partial charge in [-0.25, -0.2) is 19.2 Å². The van der Waals surface area contributed by atoms with E-state index < -0.39 is 0 Å². The van der Waals surface area contributed by atoms with E-state index in [1.165, 1.54) is 435 Å². The summed E-state index contributed by atoms with van der Waals surface area (Å²) in [6, 6.07) is 0. The molecule has 0 aromatic heterocycles. The molecule has 0 unspecified atom stereocenters. The normalized spacial score (nSPS) is 10.8. The molecule has 8 nitrogen and oxygen atoms in total. The summed E-state index contributed by atoms with van der Waals surface area (Å²) in [4.78, 5) is 44.9. The molecule has 0 fully saturated rings. The molecule has 0 saturated carbocycles. The fraction of sp³-hybridized carbons (Fsp3) is 0.872. The second kappa shape index (κ2) is 124. The number of hydrogen-bond donors (Lipinski definition) is 0. The van der Waals surface area contributed by atoms with Crippen molar-refractivity contribution in [2.24, 2.45) is 0 Å². The predicted molar refractivity (Wildman–Crippen MR) is 501 cm³/mol. The fourth-order valence-electron chi connectivity index (χ4n) is 12.7. The van der Waals surface area contributed by atoms with E-state index in [1.807, 2.05) is 24.3 Å². The van der Waals surface area contributed by atoms with Crippen LogP contribution in [0, 0.1) is 0 Å². The molecular formula is C94H182O8S5Sn2. The summed E-state index contributed by atoms with van der Waals surface area (Å²) in [5.41, 5.74) is 0. The van der Waals surface area contributed by atoms with Crippen molar-refractivity contribution < 1.29 is 38.1 Å². The summed E-state index contributed by atoms with van der Waals surface area (Å²) < 4.78 is 19.6. The molecule has 0 heterocycles. The van der Waals surface area contributed by atoms with E-state index >= 15 is 0 Å². The first-order chi connectivity index (χ1) is 51.2. The molecule has 0 N–H and O–H groups in total. The van der Waals surface area contributed by atoms with Crippen LogP contribution in [0.5, 0.6) is 0 Å². The molecule has 0 aliphatic carbocycles. The summed E-state index contributed by atoms with van der Waals surface area (Å²) in [5.74, 6) is 0.852. The van der Waals surface area contributed by atoms with Gasteiger partial charge in [-0.3, -0.25) is 0 Å². The number of unbranched alkanes of at least 4 members (excludes halogenated alkanes) is 64. The van der Waals surface area contributed by atoms with Crippen molar-refractivity contribution in [2.75, 3.05) is 49.4 Å². The molecule has 4 radical (unpaired) electrons. The van der Waals surface area contributed by atoms with E-state index in [4.69, 9.17) is 69.5 Å². The summed E-state index contributed by atoms with van der Waals surface area (Å²) in [5, 5.41) is 0. The van der Waals surface area contributed by atoms with Crippen molar-refractivity contribution in [2.45, 2.75) is 479 Å². The van der Waals surface area contributed by atoms with Crippen molar-refractivity contribution in [1.82, 2.24) is 0 Å². The third-order valence-corrected chi connectivity index (χ3v) is 19.9. The number of carbonyl (C=O) groups excluding carboxylic acids is 4. The number of allylic oxidation sites excluding steroid dienone is 4. The van der Waals surface area contributed by atoms with E-state index in [2.05, 4.69) is 27.7 Å². The smallest absolute Gasteiger partial charge is 0.789 e. The number of ether oxygens (including phenoxy) is 4. The molecule has 0 aromatic carbocycles. The zero-order chi connectivity index (χ0) is 76.5. The molecule has 0 amide bonds. The summed E-state index contributed by atoms with van der Waals surface area (Å²) >= 11 is 18.9. The van der Waals surface area contributed by atoms with Gasteiger partial charge in [-0.15, -0.1) is 23.0 Å². The molecule has 0 aromatic rings. The first-order valence-corrected chi connectivity index (χ1v) is 47.2. The number of rotatable bonds is 80. The molecule has 0 bridgehead atoms. The zero-order valence-corrected chi connectivity index (χ0v) is 80.7. The molecule has 0 atom stereocenters. The van der Waals surface area contributed by atoms with Gasteiger partial charge in [0.2, 0.25) is 0 Å². The average Bonchev–Trinajstić information content (AvgIpc) is 2.78. The topological polar surface area (TPSA) is 105 Å². The maximum absolute atomic E-state index is 11.2. The average molecular weight is 1840 g/mol. The molecule has 644 valence electrons. The van der Waals surface area contributed by atoms with Crippen LogP contribution >= 0.6 is 13.5 Å². The Morgan fingerprint density at radius 3 is 0.404 bits per heavy atom. The van der Waals surface area contributed by atoms with Crippen molar-refractivity contribution in [3.05, 3.63) is 48.6 Å². The van der Waals surface area contributed by atoms with Crippen molar-refractivity contribution in [3.63, 3.8) is 0 Å². The Labute approximate surface area is 744 Å². The minimum absolute atomic E-state index is 0. The van der Waals surface area contributed by atoms with Gasteiger partial charge in [0.1, 0.15) is 0 Å². The molecule has 0 spiro atoms. The third-order valence-electron chi connectivity index (χ3n) is 19.2. The van der Waals surface area contributed by atoms with Crippen LogP contribution in [0.2, 0.25) is 0 Å². The molecule has 0 rings (SSSR count). The Morgan fingerprint density at radius 2 is 0.303 bits per heavy atom. The summed E-state index contributed by atoms with van der Waals surface area (Å²) in [6.07, 6.45) is 107. The monoisotopic (exact) mass is 1840 g/mol. The molecule has 0 aliphatic rings. The van der Waals surface area contributed by atoms with Crippen molar-refractivity contribution in [3.8, 4) is 0 Å². The predicted octanol–water partition coefficient (Wildman–Crippen LogP) is 29.8. The van der Waals surface area contributed by atoms with Gasteiger partial charge >= 0.3 is 71.7 Å². The largest absolute Gasteiger partial charge is 2.00 e. The maximum atomic E-state index is 11.2. The molecular weight excluding hydrogens is 1650 g/mol. The number of esters is 4. The van der Waals surface area contributed by atoms with Gasteiger partial charge in [0, 0.05) is 24.3 Å². The zero-order valence-electron chi connectivity index (χ0n) is 70.8. The summed E-state index contributed by atoms with van der Waals surface area (Å²) in [6.45, 7) is 10.5. The SMILES string of the molecule is C.C.CCCCCCCCCCCCCCCCCC/C=C/C(=O)OCC[S-].CCCCCCCCCCCCCCCCCC/C=C/C(=O)OCC[S-].CCCCCCCCCCCCCCCCCC/C=C/C(=O)OCC[S-].CCCCCCCCCCCCCCCCCC/C=C/C(=O)OCC[S-].S.[Sn+2].[Sn+2].